The van der Waals surface area contributed by atoms with Crippen molar-refractivity contribution in [2.24, 2.45) is 11.5 Å². The highest BCUT2D eigenvalue weighted by Crippen LogP contribution is 1.99. The van der Waals surface area contributed by atoms with Gasteiger partial charge in [0.15, 0.2) is 0 Å². The molecule has 0 spiro atoms. The highest BCUT2D eigenvalue weighted by Gasteiger charge is 2.28. The topological polar surface area (TPSA) is 129 Å². The Hall–Kier alpha value is -1.99. The van der Waals surface area contributed by atoms with Gasteiger partial charge in [-0.3, -0.25) is 14.6 Å². The van der Waals surface area contributed by atoms with Crippen molar-refractivity contribution in [2.45, 2.75) is 18.7 Å². The van der Waals surface area contributed by atoms with Gasteiger partial charge in [0, 0.05) is 6.20 Å². The van der Waals surface area contributed by atoms with E-state index < -0.39 is 24.0 Å². The number of hydrogen-bond donors (Lipinski definition) is 3. The summed E-state index contributed by atoms with van der Waals surface area (Å²) in [5.41, 5.74) is 11.1. The molecule has 1 aromatic heterocycles. The fraction of sp³-hybridized carbons (Fsp3) is 0.300. The lowest BCUT2D eigenvalue weighted by atomic mass is 10.1. The maximum atomic E-state index is 11.3. The van der Waals surface area contributed by atoms with E-state index in [-0.39, 0.29) is 6.61 Å². The second-order valence-electron chi connectivity index (χ2n) is 3.32. The molecule has 1 rings (SSSR count). The van der Waals surface area contributed by atoms with Crippen LogP contribution in [0, 0.1) is 0 Å². The smallest absolute Gasteiger partial charge is 0.325 e. The van der Waals surface area contributed by atoms with Crippen LogP contribution in [0.25, 0.3) is 0 Å². The summed E-state index contributed by atoms with van der Waals surface area (Å²) in [7, 11) is 0. The third kappa shape index (κ3) is 3.82. The number of nitrogens with two attached hydrogens (primary N) is 2. The molecule has 0 aliphatic carbocycles. The van der Waals surface area contributed by atoms with Gasteiger partial charge in [0.05, 0.1) is 5.69 Å². The maximum Gasteiger partial charge on any atom is 0.325 e. The van der Waals surface area contributed by atoms with Gasteiger partial charge in [0.25, 0.3) is 0 Å². The molecule has 17 heavy (non-hydrogen) atoms. The van der Waals surface area contributed by atoms with Crippen LogP contribution < -0.4 is 11.5 Å². The Morgan fingerprint density at radius 2 is 2.06 bits per heavy atom. The molecule has 0 amide bonds. The van der Waals surface area contributed by atoms with Gasteiger partial charge in [-0.1, -0.05) is 6.07 Å². The molecule has 0 aliphatic heterocycles. The number of rotatable bonds is 5. The number of hydrogen-bond acceptors (Lipinski definition) is 6. The van der Waals surface area contributed by atoms with Crippen LogP contribution in [0.15, 0.2) is 24.4 Å². The molecule has 7 heteroatoms. The van der Waals surface area contributed by atoms with Gasteiger partial charge in [-0.05, 0) is 12.1 Å². The third-order valence-electron chi connectivity index (χ3n) is 2.03. The number of carboxylic acids is 1. The maximum absolute atomic E-state index is 11.3. The average Bonchev–Trinajstić information content (AvgIpc) is 2.35. The number of nitrogens with zero attached hydrogens (tertiary/aromatic N) is 1. The van der Waals surface area contributed by atoms with Gasteiger partial charge in [0.1, 0.15) is 18.7 Å². The lowest BCUT2D eigenvalue weighted by Gasteiger charge is -2.14. The molecule has 0 aliphatic rings. The largest absolute Gasteiger partial charge is 0.480 e. The van der Waals surface area contributed by atoms with E-state index in [0.29, 0.717) is 5.69 Å². The molecule has 7 nitrogen and oxygen atoms in total. The molecular formula is C10H13N3O4. The zero-order valence-electron chi connectivity index (χ0n) is 8.95. The molecule has 1 heterocycles. The van der Waals surface area contributed by atoms with Crippen molar-refractivity contribution in [1.82, 2.24) is 4.98 Å². The average molecular weight is 239 g/mol. The zero-order valence-corrected chi connectivity index (χ0v) is 8.95. The Morgan fingerprint density at radius 3 is 2.59 bits per heavy atom. The van der Waals surface area contributed by atoms with E-state index in [1.165, 1.54) is 0 Å². The van der Waals surface area contributed by atoms with Gasteiger partial charge < -0.3 is 21.3 Å². The van der Waals surface area contributed by atoms with E-state index in [0.717, 1.165) is 0 Å². The molecule has 2 atom stereocenters. The predicted octanol–water partition coefficient (Wildman–Crippen LogP) is -1.14. The van der Waals surface area contributed by atoms with Gasteiger partial charge >= 0.3 is 11.9 Å². The highest BCUT2D eigenvalue weighted by molar-refractivity contribution is 5.85. The van der Waals surface area contributed by atoms with E-state index >= 15 is 0 Å². The number of carboxylic acid groups (broad SMARTS) is 1. The van der Waals surface area contributed by atoms with Crippen LogP contribution in [0.4, 0.5) is 0 Å². The summed E-state index contributed by atoms with van der Waals surface area (Å²) in [6.07, 6.45) is 1.55. The standard InChI is InChI=1S/C10H13N3O4/c11-7(9(14)15)8(12)10(16)17-5-6-3-1-2-4-13-6/h1-4,7-8H,5,11-12H2,(H,14,15)/t7?,8-/m0/s1. The molecule has 0 fully saturated rings. The lowest BCUT2D eigenvalue weighted by molar-refractivity contribution is -0.151. The molecule has 5 N–H and O–H groups in total. The second kappa shape index (κ2) is 5.92. The Bertz CT molecular complexity index is 396. The van der Waals surface area contributed by atoms with Crippen LogP contribution >= 0.6 is 0 Å². The van der Waals surface area contributed by atoms with E-state index in [1.54, 1.807) is 24.4 Å². The Labute approximate surface area is 97.4 Å². The van der Waals surface area contributed by atoms with Crippen molar-refractivity contribution in [3.8, 4) is 0 Å². The number of pyridine rings is 1. The summed E-state index contributed by atoms with van der Waals surface area (Å²) in [6.45, 7) is -0.0697. The summed E-state index contributed by atoms with van der Waals surface area (Å²) < 4.78 is 4.79. The van der Waals surface area contributed by atoms with Crippen LogP contribution in [0.5, 0.6) is 0 Å². The van der Waals surface area contributed by atoms with E-state index in [1.807, 2.05) is 0 Å². The van der Waals surface area contributed by atoms with E-state index in [9.17, 15) is 9.59 Å². The first-order valence-corrected chi connectivity index (χ1v) is 4.83. The number of aromatic nitrogens is 1. The van der Waals surface area contributed by atoms with E-state index in [2.05, 4.69) is 4.98 Å². The number of carbonyl (C=O) groups is 2. The monoisotopic (exact) mass is 239 g/mol. The van der Waals surface area contributed by atoms with Gasteiger partial charge in [-0.2, -0.15) is 0 Å². The first kappa shape index (κ1) is 13.1. The Kier molecular flexibility index (Phi) is 4.56. The third-order valence-corrected chi connectivity index (χ3v) is 2.03. The fourth-order valence-electron chi connectivity index (χ4n) is 1.03. The van der Waals surface area contributed by atoms with Crippen LogP contribution in [-0.2, 0) is 20.9 Å². The Balaban J connectivity index is 2.47. The first-order chi connectivity index (χ1) is 8.02. The van der Waals surface area contributed by atoms with Gasteiger partial charge in [0.2, 0.25) is 0 Å². The quantitative estimate of drug-likeness (QED) is 0.554. The molecule has 1 unspecified atom stereocenters. The van der Waals surface area contributed by atoms with E-state index in [4.69, 9.17) is 21.3 Å². The lowest BCUT2D eigenvalue weighted by Crippen LogP contribution is -2.52. The molecule has 92 valence electrons. The second-order valence-corrected chi connectivity index (χ2v) is 3.32. The summed E-state index contributed by atoms with van der Waals surface area (Å²) in [6, 6.07) is 2.24. The number of aliphatic carboxylic acids is 1. The zero-order chi connectivity index (χ0) is 12.8. The van der Waals surface area contributed by atoms with Crippen molar-refractivity contribution in [3.63, 3.8) is 0 Å². The molecular weight excluding hydrogens is 226 g/mol. The number of carbonyl (C=O) groups excluding carboxylic acids is 1. The molecule has 0 saturated carbocycles. The number of ether oxygens (including phenoxy) is 1. The van der Waals surface area contributed by atoms with Gasteiger partial charge in [-0.25, -0.2) is 0 Å². The molecule has 0 bridgehead atoms. The van der Waals surface area contributed by atoms with Crippen molar-refractivity contribution < 1.29 is 19.4 Å². The van der Waals surface area contributed by atoms with Gasteiger partial charge in [-0.15, -0.1) is 0 Å². The minimum absolute atomic E-state index is 0.0697. The van der Waals surface area contributed by atoms with Crippen molar-refractivity contribution in [3.05, 3.63) is 30.1 Å². The van der Waals surface area contributed by atoms with Crippen LogP contribution in [0.1, 0.15) is 5.69 Å². The summed E-state index contributed by atoms with van der Waals surface area (Å²) in [4.78, 5) is 25.8. The van der Waals surface area contributed by atoms with Crippen molar-refractivity contribution in [2.75, 3.05) is 0 Å². The summed E-state index contributed by atoms with van der Waals surface area (Å²) in [5, 5.41) is 8.56. The molecule has 0 saturated heterocycles. The highest BCUT2D eigenvalue weighted by atomic mass is 16.5. The van der Waals surface area contributed by atoms with Crippen LogP contribution in [-0.4, -0.2) is 34.1 Å². The normalized spacial score (nSPS) is 13.8. The van der Waals surface area contributed by atoms with Crippen LogP contribution in [0.3, 0.4) is 0 Å². The van der Waals surface area contributed by atoms with Crippen LogP contribution in [0.2, 0.25) is 0 Å². The fourth-order valence-corrected chi connectivity index (χ4v) is 1.03. The molecule has 1 aromatic rings. The molecule has 0 aromatic carbocycles. The summed E-state index contributed by atoms with van der Waals surface area (Å²) >= 11 is 0. The minimum atomic E-state index is -1.48. The van der Waals surface area contributed by atoms with Crippen molar-refractivity contribution >= 4 is 11.9 Å². The SMILES string of the molecule is NC(C(=O)O)[C@H](N)C(=O)OCc1ccccn1. The van der Waals surface area contributed by atoms with Crippen molar-refractivity contribution in [1.29, 1.82) is 0 Å². The molecule has 0 radical (unpaired) electrons. The Morgan fingerprint density at radius 1 is 1.35 bits per heavy atom. The number of esters is 1. The predicted molar refractivity (Wildman–Crippen MR) is 57.6 cm³/mol. The minimum Gasteiger partial charge on any atom is -0.480 e. The first-order valence-electron chi connectivity index (χ1n) is 4.83. The summed E-state index contributed by atoms with van der Waals surface area (Å²) in [5.74, 6) is -2.22.